The normalized spacial score (nSPS) is 23.0. The lowest BCUT2D eigenvalue weighted by Crippen LogP contribution is -2.34. The maximum Gasteiger partial charge on any atom is 0.249 e. The Hall–Kier alpha value is -2.31. The standard InChI is InChI=1S/C20H22F3N3O/c1-19(2)10-14(19)18(27)24-17-15(11-4-6-13(21)7-5-11)16(25-26(17)3)12-8-20(22,23)9-12/h4-7,12,14H,8-10H2,1-3H3,(H,24,27). The molecule has 1 unspecified atom stereocenters. The van der Waals surface area contributed by atoms with Crippen LogP contribution in [0.4, 0.5) is 19.0 Å². The molecule has 0 spiro atoms. The largest absolute Gasteiger partial charge is 0.310 e. The molecular weight excluding hydrogens is 355 g/mol. The van der Waals surface area contributed by atoms with Gasteiger partial charge >= 0.3 is 0 Å². The molecule has 1 N–H and O–H groups in total. The lowest BCUT2D eigenvalue weighted by molar-refractivity contribution is -0.118. The number of nitrogens with one attached hydrogen (secondary N) is 1. The quantitative estimate of drug-likeness (QED) is 0.838. The van der Waals surface area contributed by atoms with Crippen molar-refractivity contribution in [3.8, 4) is 11.1 Å². The van der Waals surface area contributed by atoms with E-state index in [1.807, 2.05) is 13.8 Å². The molecule has 1 aromatic carbocycles. The van der Waals surface area contributed by atoms with Crippen LogP contribution in [0.15, 0.2) is 24.3 Å². The van der Waals surface area contributed by atoms with Crippen molar-refractivity contribution in [1.29, 1.82) is 0 Å². The summed E-state index contributed by atoms with van der Waals surface area (Å²) in [4.78, 5) is 12.6. The van der Waals surface area contributed by atoms with Gasteiger partial charge in [0.1, 0.15) is 11.6 Å². The summed E-state index contributed by atoms with van der Waals surface area (Å²) < 4.78 is 41.7. The van der Waals surface area contributed by atoms with E-state index in [2.05, 4.69) is 10.4 Å². The number of aromatic nitrogens is 2. The number of amides is 1. The molecule has 2 aromatic rings. The van der Waals surface area contributed by atoms with Gasteiger partial charge in [0, 0.05) is 37.3 Å². The van der Waals surface area contributed by atoms with E-state index in [4.69, 9.17) is 0 Å². The summed E-state index contributed by atoms with van der Waals surface area (Å²) in [6.45, 7) is 4.06. The fourth-order valence-corrected chi connectivity index (χ4v) is 3.85. The Morgan fingerprint density at radius 1 is 1.19 bits per heavy atom. The topological polar surface area (TPSA) is 46.9 Å². The molecule has 1 atom stereocenters. The van der Waals surface area contributed by atoms with Crippen LogP contribution in [0.1, 0.15) is 44.7 Å². The number of aryl methyl sites for hydroxylation is 1. The van der Waals surface area contributed by atoms with Crippen LogP contribution in [0.5, 0.6) is 0 Å². The van der Waals surface area contributed by atoms with E-state index in [1.165, 1.54) is 16.8 Å². The van der Waals surface area contributed by atoms with E-state index >= 15 is 0 Å². The van der Waals surface area contributed by atoms with Crippen LogP contribution in [0.25, 0.3) is 11.1 Å². The van der Waals surface area contributed by atoms with E-state index in [-0.39, 0.29) is 41.8 Å². The van der Waals surface area contributed by atoms with Crippen molar-refractivity contribution in [3.63, 3.8) is 0 Å². The molecule has 144 valence electrons. The van der Waals surface area contributed by atoms with Crippen molar-refractivity contribution in [2.24, 2.45) is 18.4 Å². The van der Waals surface area contributed by atoms with Gasteiger partial charge in [0.15, 0.2) is 0 Å². The SMILES string of the molecule is Cn1nc(C2CC(F)(F)C2)c(-c2ccc(F)cc2)c1NC(=O)C1CC1(C)C. The summed E-state index contributed by atoms with van der Waals surface area (Å²) in [5, 5.41) is 7.37. The van der Waals surface area contributed by atoms with Gasteiger partial charge in [-0.05, 0) is 29.5 Å². The van der Waals surface area contributed by atoms with Crippen LogP contribution in [-0.4, -0.2) is 21.6 Å². The summed E-state index contributed by atoms with van der Waals surface area (Å²) in [6.07, 6.45) is 0.284. The highest BCUT2D eigenvalue weighted by molar-refractivity contribution is 5.98. The molecule has 2 saturated carbocycles. The molecule has 1 aromatic heterocycles. The second-order valence-corrected chi connectivity index (χ2v) is 8.44. The summed E-state index contributed by atoms with van der Waals surface area (Å²) in [5.74, 6) is -3.15. The second kappa shape index (κ2) is 5.84. The lowest BCUT2D eigenvalue weighted by Gasteiger charge is -2.34. The Bertz CT molecular complexity index is 894. The van der Waals surface area contributed by atoms with Crippen molar-refractivity contribution in [2.75, 3.05) is 5.32 Å². The summed E-state index contributed by atoms with van der Waals surface area (Å²) in [5.41, 5.74) is 1.75. The van der Waals surface area contributed by atoms with Gasteiger partial charge in [-0.25, -0.2) is 13.2 Å². The first-order chi connectivity index (χ1) is 12.6. The summed E-state index contributed by atoms with van der Waals surface area (Å²) >= 11 is 0. The molecule has 27 heavy (non-hydrogen) atoms. The molecule has 0 saturated heterocycles. The number of carbonyl (C=O) groups is 1. The van der Waals surface area contributed by atoms with Gasteiger partial charge in [0.25, 0.3) is 0 Å². The van der Waals surface area contributed by atoms with Crippen LogP contribution in [0.2, 0.25) is 0 Å². The van der Waals surface area contributed by atoms with E-state index in [9.17, 15) is 18.0 Å². The number of carbonyl (C=O) groups excluding carboxylic acids is 1. The third kappa shape index (κ3) is 3.24. The van der Waals surface area contributed by atoms with Crippen LogP contribution in [-0.2, 0) is 11.8 Å². The van der Waals surface area contributed by atoms with Gasteiger partial charge in [0.2, 0.25) is 11.8 Å². The minimum absolute atomic E-state index is 0.0302. The minimum Gasteiger partial charge on any atom is -0.310 e. The fraction of sp³-hybridized carbons (Fsp3) is 0.500. The molecule has 1 heterocycles. The van der Waals surface area contributed by atoms with Gasteiger partial charge in [-0.2, -0.15) is 5.10 Å². The molecule has 1 amide bonds. The second-order valence-electron chi connectivity index (χ2n) is 8.44. The molecule has 2 aliphatic carbocycles. The van der Waals surface area contributed by atoms with E-state index in [0.29, 0.717) is 22.6 Å². The van der Waals surface area contributed by atoms with Crippen LogP contribution in [0, 0.1) is 17.2 Å². The highest BCUT2D eigenvalue weighted by Gasteiger charge is 2.51. The Labute approximate surface area is 155 Å². The van der Waals surface area contributed by atoms with E-state index < -0.39 is 5.92 Å². The first-order valence-corrected chi connectivity index (χ1v) is 9.09. The van der Waals surface area contributed by atoms with E-state index in [1.54, 1.807) is 19.2 Å². The van der Waals surface area contributed by atoms with Crippen molar-refractivity contribution >= 4 is 11.7 Å². The Kier molecular flexibility index (Phi) is 3.91. The van der Waals surface area contributed by atoms with Crippen molar-refractivity contribution < 1.29 is 18.0 Å². The average molecular weight is 377 g/mol. The molecule has 4 nitrogen and oxygen atoms in total. The average Bonchev–Trinajstić information content (AvgIpc) is 3.09. The predicted molar refractivity (Wildman–Crippen MR) is 96.0 cm³/mol. The molecule has 4 rings (SSSR count). The number of halogens is 3. The van der Waals surface area contributed by atoms with Gasteiger partial charge in [0.05, 0.1) is 5.69 Å². The number of rotatable bonds is 4. The Morgan fingerprint density at radius 2 is 1.78 bits per heavy atom. The highest BCUT2D eigenvalue weighted by atomic mass is 19.3. The number of benzene rings is 1. The first-order valence-electron chi connectivity index (χ1n) is 9.09. The van der Waals surface area contributed by atoms with E-state index in [0.717, 1.165) is 6.42 Å². The third-order valence-corrected chi connectivity index (χ3v) is 5.76. The number of hydrogen-bond acceptors (Lipinski definition) is 2. The number of nitrogens with zero attached hydrogens (tertiary/aromatic N) is 2. The first kappa shape index (κ1) is 18.1. The maximum absolute atomic E-state index is 13.4. The molecule has 0 radical (unpaired) electrons. The monoisotopic (exact) mass is 377 g/mol. The van der Waals surface area contributed by atoms with Gasteiger partial charge < -0.3 is 5.32 Å². The number of anilines is 1. The number of hydrogen-bond donors (Lipinski definition) is 1. The van der Waals surface area contributed by atoms with Gasteiger partial charge in [-0.3, -0.25) is 9.48 Å². The molecule has 2 fully saturated rings. The van der Waals surface area contributed by atoms with Gasteiger partial charge in [-0.1, -0.05) is 26.0 Å². The Balaban J connectivity index is 1.72. The zero-order valence-electron chi connectivity index (χ0n) is 15.5. The molecule has 2 aliphatic rings. The minimum atomic E-state index is -2.68. The molecule has 0 bridgehead atoms. The van der Waals surface area contributed by atoms with Crippen molar-refractivity contribution in [2.45, 2.75) is 45.0 Å². The fourth-order valence-electron chi connectivity index (χ4n) is 3.85. The van der Waals surface area contributed by atoms with Crippen molar-refractivity contribution in [3.05, 3.63) is 35.8 Å². The molecular formula is C20H22F3N3O. The maximum atomic E-state index is 13.4. The predicted octanol–water partition coefficient (Wildman–Crippen LogP) is 4.72. The third-order valence-electron chi connectivity index (χ3n) is 5.76. The molecule has 7 heteroatoms. The van der Waals surface area contributed by atoms with Crippen LogP contribution < -0.4 is 5.32 Å². The van der Waals surface area contributed by atoms with Gasteiger partial charge in [-0.15, -0.1) is 0 Å². The van der Waals surface area contributed by atoms with Crippen LogP contribution in [0.3, 0.4) is 0 Å². The smallest absolute Gasteiger partial charge is 0.249 e. The Morgan fingerprint density at radius 3 is 2.30 bits per heavy atom. The lowest BCUT2D eigenvalue weighted by atomic mass is 9.77. The summed E-state index contributed by atoms with van der Waals surface area (Å²) in [6, 6.07) is 5.81. The van der Waals surface area contributed by atoms with Crippen molar-refractivity contribution in [1.82, 2.24) is 9.78 Å². The summed E-state index contributed by atoms with van der Waals surface area (Å²) in [7, 11) is 1.68. The zero-order valence-corrected chi connectivity index (χ0v) is 15.5. The molecule has 0 aliphatic heterocycles. The highest BCUT2D eigenvalue weighted by Crippen LogP contribution is 2.53. The number of alkyl halides is 2. The zero-order chi connectivity index (χ0) is 19.6. The van der Waals surface area contributed by atoms with Crippen LogP contribution >= 0.6 is 0 Å².